The molecule has 0 N–H and O–H groups in total. The number of fused-ring (bicyclic) bond motifs is 1. The second-order valence-electron chi connectivity index (χ2n) is 7.58. The van der Waals surface area contributed by atoms with E-state index in [-0.39, 0.29) is 19.5 Å². The molecular formula is C19H20ClF2N7. The largest absolute Gasteiger partial charge is 0.348 e. The van der Waals surface area contributed by atoms with Gasteiger partial charge in [-0.1, -0.05) is 35.0 Å². The smallest absolute Gasteiger partial charge is 0.266 e. The van der Waals surface area contributed by atoms with Crippen LogP contribution >= 0.6 is 11.6 Å². The Hall–Kier alpha value is -2.55. The summed E-state index contributed by atoms with van der Waals surface area (Å²) in [6.45, 7) is 1.97. The van der Waals surface area contributed by atoms with Gasteiger partial charge < -0.3 is 9.80 Å². The summed E-state index contributed by atoms with van der Waals surface area (Å²) in [5, 5.41) is 9.11. The molecule has 29 heavy (non-hydrogen) atoms. The molecule has 2 saturated heterocycles. The minimum absolute atomic E-state index is 0.189. The van der Waals surface area contributed by atoms with Crippen LogP contribution in [0.3, 0.4) is 0 Å². The van der Waals surface area contributed by atoms with E-state index < -0.39 is 5.92 Å². The van der Waals surface area contributed by atoms with E-state index >= 15 is 0 Å². The molecule has 0 radical (unpaired) electrons. The molecule has 0 atom stereocenters. The molecule has 0 bridgehead atoms. The van der Waals surface area contributed by atoms with Crippen LogP contribution in [0.5, 0.6) is 0 Å². The highest BCUT2D eigenvalue weighted by Gasteiger charge is 2.40. The lowest BCUT2D eigenvalue weighted by molar-refractivity contribution is 0.0257. The monoisotopic (exact) mass is 419 g/mol. The first-order valence-corrected chi connectivity index (χ1v) is 10.1. The normalized spacial score (nSPS) is 18.9. The number of nitrogens with zero attached hydrogens (tertiary/aromatic N) is 7. The molecule has 10 heteroatoms. The lowest BCUT2D eigenvalue weighted by Crippen LogP contribution is -2.27. The number of rotatable bonds is 4. The van der Waals surface area contributed by atoms with Gasteiger partial charge in [0.25, 0.3) is 5.92 Å². The van der Waals surface area contributed by atoms with Crippen molar-refractivity contribution in [3.05, 3.63) is 34.9 Å². The molecule has 4 heterocycles. The fourth-order valence-corrected chi connectivity index (χ4v) is 4.12. The van der Waals surface area contributed by atoms with Crippen LogP contribution in [0.1, 0.15) is 24.8 Å². The van der Waals surface area contributed by atoms with Gasteiger partial charge in [0.05, 0.1) is 13.1 Å². The van der Waals surface area contributed by atoms with Crippen LogP contribution in [0.15, 0.2) is 24.3 Å². The Balaban J connectivity index is 1.60. The van der Waals surface area contributed by atoms with Crippen molar-refractivity contribution in [2.75, 3.05) is 36.0 Å². The van der Waals surface area contributed by atoms with Crippen molar-refractivity contribution in [2.24, 2.45) is 0 Å². The molecular weight excluding hydrogens is 400 g/mol. The van der Waals surface area contributed by atoms with Crippen molar-refractivity contribution in [1.29, 1.82) is 0 Å². The van der Waals surface area contributed by atoms with Gasteiger partial charge in [-0.15, -0.1) is 5.10 Å². The number of benzene rings is 1. The molecule has 2 aliphatic rings. The lowest BCUT2D eigenvalue weighted by atomic mass is 10.2. The van der Waals surface area contributed by atoms with Crippen LogP contribution in [0, 0.1) is 0 Å². The van der Waals surface area contributed by atoms with Crippen LogP contribution in [-0.2, 0) is 6.54 Å². The van der Waals surface area contributed by atoms with E-state index in [1.165, 1.54) is 0 Å². The molecule has 152 valence electrons. The first-order chi connectivity index (χ1) is 14.0. The topological polar surface area (TPSA) is 63.0 Å². The van der Waals surface area contributed by atoms with E-state index in [4.69, 9.17) is 16.6 Å². The van der Waals surface area contributed by atoms with E-state index in [9.17, 15) is 8.78 Å². The molecule has 3 aromatic rings. The van der Waals surface area contributed by atoms with Crippen molar-refractivity contribution in [2.45, 2.75) is 31.7 Å². The molecule has 0 amide bonds. The first-order valence-electron chi connectivity index (χ1n) is 9.72. The molecule has 0 spiro atoms. The van der Waals surface area contributed by atoms with E-state index in [0.717, 1.165) is 31.5 Å². The van der Waals surface area contributed by atoms with Crippen LogP contribution in [0.4, 0.5) is 20.5 Å². The van der Waals surface area contributed by atoms with Gasteiger partial charge >= 0.3 is 0 Å². The Morgan fingerprint density at radius 2 is 1.83 bits per heavy atom. The van der Waals surface area contributed by atoms with Crippen molar-refractivity contribution in [3.63, 3.8) is 0 Å². The summed E-state index contributed by atoms with van der Waals surface area (Å²) in [6, 6.07) is 7.51. The van der Waals surface area contributed by atoms with E-state index in [1.807, 2.05) is 24.3 Å². The lowest BCUT2D eigenvalue weighted by Gasteiger charge is -2.21. The zero-order chi connectivity index (χ0) is 20.0. The summed E-state index contributed by atoms with van der Waals surface area (Å²) in [6.07, 6.45) is 1.94. The van der Waals surface area contributed by atoms with Crippen LogP contribution in [0.2, 0.25) is 5.02 Å². The number of alkyl halides is 2. The van der Waals surface area contributed by atoms with Gasteiger partial charge in [-0.2, -0.15) is 9.97 Å². The van der Waals surface area contributed by atoms with Gasteiger partial charge in [-0.05, 0) is 24.5 Å². The quantitative estimate of drug-likeness (QED) is 0.646. The Morgan fingerprint density at radius 3 is 2.55 bits per heavy atom. The Bertz CT molecular complexity index is 1050. The summed E-state index contributed by atoms with van der Waals surface area (Å²) < 4.78 is 29.4. The van der Waals surface area contributed by atoms with Gasteiger partial charge in [0.15, 0.2) is 17.0 Å². The zero-order valence-corrected chi connectivity index (χ0v) is 16.5. The third kappa shape index (κ3) is 3.48. The van der Waals surface area contributed by atoms with Crippen LogP contribution in [0.25, 0.3) is 11.2 Å². The van der Waals surface area contributed by atoms with Crippen molar-refractivity contribution in [1.82, 2.24) is 25.0 Å². The van der Waals surface area contributed by atoms with Crippen LogP contribution in [-0.4, -0.2) is 57.1 Å². The standard InChI is InChI=1S/C19H20ClF2N7/c20-14-6-2-1-5-13(14)11-29-17-15(25-26-29)16(28-10-7-19(21,22)12-28)23-18(24-17)27-8-3-4-9-27/h1-2,5-6H,3-4,7-12H2. The minimum Gasteiger partial charge on any atom is -0.348 e. The Morgan fingerprint density at radius 1 is 1.03 bits per heavy atom. The second-order valence-corrected chi connectivity index (χ2v) is 7.99. The average Bonchev–Trinajstić information content (AvgIpc) is 3.43. The maximum Gasteiger partial charge on any atom is 0.266 e. The molecule has 2 fully saturated rings. The minimum atomic E-state index is -2.72. The summed E-state index contributed by atoms with van der Waals surface area (Å²) in [7, 11) is 0. The summed E-state index contributed by atoms with van der Waals surface area (Å²) >= 11 is 6.30. The van der Waals surface area contributed by atoms with Crippen molar-refractivity contribution < 1.29 is 8.78 Å². The van der Waals surface area contributed by atoms with Gasteiger partial charge in [-0.3, -0.25) is 0 Å². The summed E-state index contributed by atoms with van der Waals surface area (Å²) in [5.74, 6) is -1.75. The van der Waals surface area contributed by atoms with E-state index in [0.29, 0.717) is 34.5 Å². The number of aromatic nitrogens is 5. The Kier molecular flexibility index (Phi) is 4.49. The molecule has 7 nitrogen and oxygen atoms in total. The van der Waals surface area contributed by atoms with Gasteiger partial charge in [0, 0.05) is 31.1 Å². The van der Waals surface area contributed by atoms with Crippen molar-refractivity contribution in [3.8, 4) is 0 Å². The number of halogens is 3. The molecule has 0 saturated carbocycles. The molecule has 2 aliphatic heterocycles. The predicted octanol–water partition coefficient (Wildman–Crippen LogP) is 3.37. The van der Waals surface area contributed by atoms with Crippen molar-refractivity contribution >= 4 is 34.5 Å². The fraction of sp³-hybridized carbons (Fsp3) is 0.474. The number of hydrogen-bond acceptors (Lipinski definition) is 6. The second kappa shape index (κ2) is 7.05. The Labute approximate surface area is 171 Å². The van der Waals surface area contributed by atoms with Gasteiger partial charge in [0.1, 0.15) is 0 Å². The molecule has 2 aromatic heterocycles. The third-order valence-electron chi connectivity index (χ3n) is 5.47. The highest BCUT2D eigenvalue weighted by atomic mass is 35.5. The highest BCUT2D eigenvalue weighted by molar-refractivity contribution is 6.31. The fourth-order valence-electron chi connectivity index (χ4n) is 3.92. The number of anilines is 2. The number of hydrogen-bond donors (Lipinski definition) is 0. The molecule has 1 aromatic carbocycles. The van der Waals surface area contributed by atoms with Gasteiger partial charge in [-0.25, -0.2) is 13.5 Å². The SMILES string of the molecule is FC1(F)CCN(c2nc(N3CCCC3)nc3c2nnn3Cc2ccccc2Cl)C1. The van der Waals surface area contributed by atoms with E-state index in [1.54, 1.807) is 9.58 Å². The summed E-state index contributed by atoms with van der Waals surface area (Å²) in [4.78, 5) is 13.0. The summed E-state index contributed by atoms with van der Waals surface area (Å²) in [5.41, 5.74) is 1.86. The van der Waals surface area contributed by atoms with E-state index in [2.05, 4.69) is 20.2 Å². The predicted molar refractivity (Wildman–Crippen MR) is 107 cm³/mol. The third-order valence-corrected chi connectivity index (χ3v) is 5.84. The average molecular weight is 420 g/mol. The maximum absolute atomic E-state index is 13.9. The zero-order valence-electron chi connectivity index (χ0n) is 15.7. The van der Waals surface area contributed by atoms with Crippen LogP contribution < -0.4 is 9.80 Å². The highest BCUT2D eigenvalue weighted by Crippen LogP contribution is 2.34. The molecule has 0 aliphatic carbocycles. The maximum atomic E-state index is 13.9. The molecule has 0 unspecified atom stereocenters. The first kappa shape index (κ1) is 18.5. The van der Waals surface area contributed by atoms with Gasteiger partial charge in [0.2, 0.25) is 5.95 Å². The molecule has 5 rings (SSSR count).